The fraction of sp³-hybridized carbons (Fsp3) is 0.714. The van der Waals surface area contributed by atoms with E-state index >= 15 is 0 Å². The summed E-state index contributed by atoms with van der Waals surface area (Å²) >= 11 is 0. The normalized spacial score (nSPS) is 23.2. The van der Waals surface area contributed by atoms with E-state index in [2.05, 4.69) is 23.8 Å². The summed E-state index contributed by atoms with van der Waals surface area (Å²) < 4.78 is 5.59. The van der Waals surface area contributed by atoms with Gasteiger partial charge in [-0.2, -0.15) is 0 Å². The van der Waals surface area contributed by atoms with Gasteiger partial charge in [-0.15, -0.1) is 0 Å². The van der Waals surface area contributed by atoms with Gasteiger partial charge in [0.2, 0.25) is 0 Å². The van der Waals surface area contributed by atoms with Crippen LogP contribution >= 0.6 is 0 Å². The summed E-state index contributed by atoms with van der Waals surface area (Å²) in [7, 11) is 2.20. The second kappa shape index (κ2) is 6.36. The quantitative estimate of drug-likeness (QED) is 0.885. The largest absolute Gasteiger partial charge is 0.462 e. The van der Waals surface area contributed by atoms with Crippen LogP contribution in [0.1, 0.15) is 31.3 Å². The van der Waals surface area contributed by atoms with Crippen molar-refractivity contribution in [1.82, 2.24) is 9.80 Å². The van der Waals surface area contributed by atoms with E-state index in [1.54, 1.807) is 0 Å². The van der Waals surface area contributed by atoms with E-state index in [0.29, 0.717) is 11.8 Å². The number of rotatable bonds is 4. The van der Waals surface area contributed by atoms with E-state index in [1.165, 1.54) is 13.0 Å². The van der Waals surface area contributed by atoms with Gasteiger partial charge in [0.05, 0.1) is 6.54 Å². The van der Waals surface area contributed by atoms with Gasteiger partial charge in [0, 0.05) is 19.1 Å². The molecule has 4 nitrogen and oxygen atoms in total. The maximum absolute atomic E-state index is 9.02. The molecule has 4 heteroatoms. The highest BCUT2D eigenvalue weighted by atomic mass is 16.4. The predicted octanol–water partition coefficient (Wildman–Crippen LogP) is 1.69. The van der Waals surface area contributed by atoms with Crippen LogP contribution in [0.4, 0.5) is 0 Å². The minimum atomic E-state index is -0.0139. The molecule has 0 spiro atoms. The first-order valence-electron chi connectivity index (χ1n) is 6.84. The Hall–Kier alpha value is -0.840. The zero-order valence-corrected chi connectivity index (χ0v) is 11.4. The Morgan fingerprint density at radius 3 is 2.78 bits per heavy atom. The van der Waals surface area contributed by atoms with Crippen molar-refractivity contribution in [2.24, 2.45) is 0 Å². The summed E-state index contributed by atoms with van der Waals surface area (Å²) in [5, 5.41) is 9.02. The van der Waals surface area contributed by atoms with Crippen LogP contribution in [0.2, 0.25) is 0 Å². The second-order valence-electron chi connectivity index (χ2n) is 5.17. The number of hydrogen-bond acceptors (Lipinski definition) is 4. The third-order valence-electron chi connectivity index (χ3n) is 3.73. The summed E-state index contributed by atoms with van der Waals surface area (Å²) in [6, 6.07) is 4.44. The molecule has 1 fully saturated rings. The molecule has 2 rings (SSSR count). The van der Waals surface area contributed by atoms with Crippen LogP contribution in [0.15, 0.2) is 16.5 Å². The molecule has 18 heavy (non-hydrogen) atoms. The van der Waals surface area contributed by atoms with E-state index in [4.69, 9.17) is 9.52 Å². The lowest BCUT2D eigenvalue weighted by atomic mass is 10.2. The summed E-state index contributed by atoms with van der Waals surface area (Å²) in [6.07, 6.45) is 2.37. The number of likely N-dealkylation sites (N-methyl/N-ethyl adjacent to an activating group) is 1. The third kappa shape index (κ3) is 3.34. The molecule has 1 atom stereocenters. The molecule has 0 radical (unpaired) electrons. The van der Waals surface area contributed by atoms with Gasteiger partial charge in [0.1, 0.15) is 18.1 Å². The molecule has 0 amide bonds. The van der Waals surface area contributed by atoms with Crippen LogP contribution in [0.3, 0.4) is 0 Å². The standard InChI is InChI=1S/C14H24N2O2/c1-3-12-9-15(2)7-4-8-16(12)10-13-5-6-14(11-17)18-13/h5-6,12,17H,3-4,7-11H2,1-2H3. The number of aliphatic hydroxyl groups excluding tert-OH is 1. The Morgan fingerprint density at radius 2 is 2.11 bits per heavy atom. The number of nitrogens with zero attached hydrogens (tertiary/aromatic N) is 2. The van der Waals surface area contributed by atoms with E-state index in [0.717, 1.165) is 31.8 Å². The van der Waals surface area contributed by atoms with Gasteiger partial charge in [0.25, 0.3) is 0 Å². The van der Waals surface area contributed by atoms with Crippen molar-refractivity contribution >= 4 is 0 Å². The fourth-order valence-electron chi connectivity index (χ4n) is 2.68. The molecule has 2 heterocycles. The second-order valence-corrected chi connectivity index (χ2v) is 5.17. The Balaban J connectivity index is 2.01. The zero-order valence-electron chi connectivity index (χ0n) is 11.4. The molecule has 1 N–H and O–H groups in total. The highest BCUT2D eigenvalue weighted by molar-refractivity contribution is 5.06. The molecule has 0 aliphatic carbocycles. The summed E-state index contributed by atoms with van der Waals surface area (Å²) in [6.45, 7) is 6.51. The van der Waals surface area contributed by atoms with Crippen molar-refractivity contribution in [2.45, 2.75) is 39.0 Å². The smallest absolute Gasteiger partial charge is 0.129 e. The maximum atomic E-state index is 9.02. The van der Waals surface area contributed by atoms with Crippen LogP contribution in [-0.4, -0.2) is 47.6 Å². The van der Waals surface area contributed by atoms with Crippen LogP contribution in [-0.2, 0) is 13.2 Å². The minimum absolute atomic E-state index is 0.0139. The van der Waals surface area contributed by atoms with Crippen LogP contribution in [0.25, 0.3) is 0 Å². The lowest BCUT2D eigenvalue weighted by molar-refractivity contribution is 0.160. The molecule has 1 unspecified atom stereocenters. The van der Waals surface area contributed by atoms with E-state index < -0.39 is 0 Å². The van der Waals surface area contributed by atoms with Crippen molar-refractivity contribution in [1.29, 1.82) is 0 Å². The Bertz CT molecular complexity index is 364. The van der Waals surface area contributed by atoms with Gasteiger partial charge in [-0.25, -0.2) is 0 Å². The molecular formula is C14H24N2O2. The average Bonchev–Trinajstić information content (AvgIpc) is 2.74. The first kappa shape index (κ1) is 13.6. The molecule has 1 aliphatic rings. The van der Waals surface area contributed by atoms with Crippen LogP contribution in [0, 0.1) is 0 Å². The van der Waals surface area contributed by atoms with Crippen molar-refractivity contribution < 1.29 is 9.52 Å². The van der Waals surface area contributed by atoms with E-state index in [9.17, 15) is 0 Å². The molecular weight excluding hydrogens is 228 g/mol. The summed E-state index contributed by atoms with van der Waals surface area (Å²) in [5.41, 5.74) is 0. The maximum Gasteiger partial charge on any atom is 0.129 e. The van der Waals surface area contributed by atoms with Crippen molar-refractivity contribution in [3.8, 4) is 0 Å². The van der Waals surface area contributed by atoms with Crippen molar-refractivity contribution in [2.75, 3.05) is 26.7 Å². The Kier molecular flexibility index (Phi) is 4.80. The highest BCUT2D eigenvalue weighted by Crippen LogP contribution is 2.17. The molecule has 0 saturated carbocycles. The average molecular weight is 252 g/mol. The topological polar surface area (TPSA) is 39.9 Å². The first-order chi connectivity index (χ1) is 8.72. The Morgan fingerprint density at radius 1 is 1.33 bits per heavy atom. The van der Waals surface area contributed by atoms with E-state index in [1.807, 2.05) is 12.1 Å². The molecule has 1 saturated heterocycles. The van der Waals surface area contributed by atoms with Gasteiger partial charge >= 0.3 is 0 Å². The van der Waals surface area contributed by atoms with Crippen molar-refractivity contribution in [3.63, 3.8) is 0 Å². The lowest BCUT2D eigenvalue weighted by Crippen LogP contribution is -2.39. The third-order valence-corrected chi connectivity index (χ3v) is 3.73. The van der Waals surface area contributed by atoms with E-state index in [-0.39, 0.29) is 6.61 Å². The van der Waals surface area contributed by atoms with Gasteiger partial charge in [0.15, 0.2) is 0 Å². The van der Waals surface area contributed by atoms with Gasteiger partial charge in [-0.3, -0.25) is 4.90 Å². The minimum Gasteiger partial charge on any atom is -0.462 e. The molecule has 0 aromatic carbocycles. The van der Waals surface area contributed by atoms with Crippen molar-refractivity contribution in [3.05, 3.63) is 23.7 Å². The van der Waals surface area contributed by atoms with Crippen LogP contribution < -0.4 is 0 Å². The SMILES string of the molecule is CCC1CN(C)CCCN1Cc1ccc(CO)o1. The first-order valence-corrected chi connectivity index (χ1v) is 6.84. The van der Waals surface area contributed by atoms with Gasteiger partial charge < -0.3 is 14.4 Å². The van der Waals surface area contributed by atoms with Gasteiger partial charge in [-0.05, 0) is 38.6 Å². The zero-order chi connectivity index (χ0) is 13.0. The molecule has 0 bridgehead atoms. The predicted molar refractivity (Wildman–Crippen MR) is 71.2 cm³/mol. The molecule has 102 valence electrons. The number of hydrogen-bond donors (Lipinski definition) is 1. The number of furan rings is 1. The Labute approximate surface area is 109 Å². The van der Waals surface area contributed by atoms with Gasteiger partial charge in [-0.1, -0.05) is 6.92 Å². The molecule has 1 aromatic heterocycles. The molecule has 1 aromatic rings. The molecule has 1 aliphatic heterocycles. The fourth-order valence-corrected chi connectivity index (χ4v) is 2.68. The monoisotopic (exact) mass is 252 g/mol. The summed E-state index contributed by atoms with van der Waals surface area (Å²) in [4.78, 5) is 4.92. The summed E-state index contributed by atoms with van der Waals surface area (Å²) in [5.74, 6) is 1.62. The highest BCUT2D eigenvalue weighted by Gasteiger charge is 2.22. The lowest BCUT2D eigenvalue weighted by Gasteiger charge is -2.29. The van der Waals surface area contributed by atoms with Crippen LogP contribution in [0.5, 0.6) is 0 Å². The number of aliphatic hydroxyl groups is 1.